The van der Waals surface area contributed by atoms with E-state index in [2.05, 4.69) is 0 Å². The van der Waals surface area contributed by atoms with Crippen molar-refractivity contribution in [3.8, 4) is 5.75 Å². The Hall–Kier alpha value is -4.68. The van der Waals surface area contributed by atoms with Gasteiger partial charge in [0.1, 0.15) is 5.75 Å². The summed E-state index contributed by atoms with van der Waals surface area (Å²) in [6, 6.07) is 30.5. The van der Waals surface area contributed by atoms with Crippen LogP contribution in [0.25, 0.3) is 10.9 Å². The van der Waals surface area contributed by atoms with Gasteiger partial charge in [0.05, 0.1) is 23.7 Å². The molecule has 6 nitrogen and oxygen atoms in total. The summed E-state index contributed by atoms with van der Waals surface area (Å²) in [7, 11) is 1.36. The van der Waals surface area contributed by atoms with E-state index in [1.807, 2.05) is 59.2 Å². The molecule has 212 valence electrons. The van der Waals surface area contributed by atoms with Crippen molar-refractivity contribution in [1.29, 1.82) is 0 Å². The van der Waals surface area contributed by atoms with Gasteiger partial charge < -0.3 is 14.0 Å². The maximum absolute atomic E-state index is 14.2. The zero-order valence-corrected chi connectivity index (χ0v) is 24.4. The van der Waals surface area contributed by atoms with Gasteiger partial charge in [0, 0.05) is 40.1 Å². The second kappa shape index (κ2) is 12.0. The standard InChI is InChI=1S/C35H30ClNO5/c1-35(2,34(40)41-3)21-30-31(32(38)24-10-6-4-7-11-24)28-20-27(42-33(39)25-12-8-5-9-13-25)18-19-29(28)37(30)22-23-14-16-26(36)17-15-23/h4-20H,21-22H2,1-3H3. The molecule has 0 N–H and O–H groups in total. The molecule has 0 amide bonds. The molecule has 0 bridgehead atoms. The number of methoxy groups -OCH3 is 1. The van der Waals surface area contributed by atoms with Crippen molar-refractivity contribution in [3.05, 3.63) is 136 Å². The lowest BCUT2D eigenvalue weighted by Gasteiger charge is -2.23. The molecule has 0 aliphatic heterocycles. The summed E-state index contributed by atoms with van der Waals surface area (Å²) in [6.07, 6.45) is 0.231. The fourth-order valence-corrected chi connectivity index (χ4v) is 5.21. The van der Waals surface area contributed by atoms with Crippen molar-refractivity contribution in [1.82, 2.24) is 4.57 Å². The van der Waals surface area contributed by atoms with Gasteiger partial charge >= 0.3 is 11.9 Å². The molecule has 0 aliphatic carbocycles. The first kappa shape index (κ1) is 28.8. The second-order valence-corrected chi connectivity index (χ2v) is 11.2. The normalized spacial score (nSPS) is 11.3. The van der Waals surface area contributed by atoms with Crippen LogP contribution < -0.4 is 4.74 Å². The lowest BCUT2D eigenvalue weighted by molar-refractivity contribution is -0.150. The summed E-state index contributed by atoms with van der Waals surface area (Å²) in [4.78, 5) is 39.9. The lowest BCUT2D eigenvalue weighted by Crippen LogP contribution is -2.30. The lowest BCUT2D eigenvalue weighted by atomic mass is 9.85. The molecule has 0 fully saturated rings. The monoisotopic (exact) mass is 579 g/mol. The van der Waals surface area contributed by atoms with Crippen molar-refractivity contribution in [2.75, 3.05) is 7.11 Å². The van der Waals surface area contributed by atoms with Crippen LogP contribution in [0.1, 0.15) is 51.4 Å². The first-order chi connectivity index (χ1) is 20.2. The van der Waals surface area contributed by atoms with Crippen molar-refractivity contribution in [2.45, 2.75) is 26.8 Å². The molecule has 5 rings (SSSR count). The molecule has 0 saturated heterocycles. The molecule has 7 heteroatoms. The van der Waals surface area contributed by atoms with Gasteiger partial charge in [0.25, 0.3) is 0 Å². The van der Waals surface area contributed by atoms with Gasteiger partial charge in [0.15, 0.2) is 5.78 Å². The highest BCUT2D eigenvalue weighted by molar-refractivity contribution is 6.30. The minimum Gasteiger partial charge on any atom is -0.469 e. The molecule has 1 aromatic heterocycles. The molecule has 0 atom stereocenters. The molecule has 4 aromatic carbocycles. The zero-order chi connectivity index (χ0) is 29.9. The maximum atomic E-state index is 14.2. The Balaban J connectivity index is 1.72. The summed E-state index contributed by atoms with van der Waals surface area (Å²) in [6.45, 7) is 4.02. The number of benzene rings is 4. The summed E-state index contributed by atoms with van der Waals surface area (Å²) >= 11 is 6.15. The van der Waals surface area contributed by atoms with Gasteiger partial charge in [-0.3, -0.25) is 9.59 Å². The minimum absolute atomic E-state index is 0.197. The van der Waals surface area contributed by atoms with Crippen LogP contribution in [0.15, 0.2) is 103 Å². The molecule has 42 heavy (non-hydrogen) atoms. The third-order valence-corrected chi connectivity index (χ3v) is 7.48. The quantitative estimate of drug-likeness (QED) is 0.102. The van der Waals surface area contributed by atoms with Crippen LogP contribution in [0.4, 0.5) is 0 Å². The van der Waals surface area contributed by atoms with E-state index in [9.17, 15) is 14.4 Å². The van der Waals surface area contributed by atoms with Crippen LogP contribution >= 0.6 is 11.6 Å². The largest absolute Gasteiger partial charge is 0.469 e. The van der Waals surface area contributed by atoms with E-state index in [-0.39, 0.29) is 18.2 Å². The molecule has 1 heterocycles. The number of ether oxygens (including phenoxy) is 2. The number of rotatable bonds is 9. The second-order valence-electron chi connectivity index (χ2n) is 10.7. The van der Waals surface area contributed by atoms with Gasteiger partial charge in [-0.05, 0) is 61.9 Å². The number of nitrogens with zero attached hydrogens (tertiary/aromatic N) is 1. The van der Waals surface area contributed by atoms with Gasteiger partial charge in [-0.1, -0.05) is 72.3 Å². The van der Waals surface area contributed by atoms with Crippen LogP contribution in [0, 0.1) is 5.41 Å². The average Bonchev–Trinajstić information content (AvgIpc) is 3.29. The highest BCUT2D eigenvalue weighted by atomic mass is 35.5. The highest BCUT2D eigenvalue weighted by Gasteiger charge is 2.34. The van der Waals surface area contributed by atoms with Gasteiger partial charge in [0.2, 0.25) is 0 Å². The Kier molecular flexibility index (Phi) is 8.27. The van der Waals surface area contributed by atoms with E-state index < -0.39 is 11.4 Å². The van der Waals surface area contributed by atoms with Crippen molar-refractivity contribution < 1.29 is 23.9 Å². The van der Waals surface area contributed by atoms with E-state index in [4.69, 9.17) is 21.1 Å². The Morgan fingerprint density at radius 1 is 0.810 bits per heavy atom. The number of hydrogen-bond donors (Lipinski definition) is 0. The number of ketones is 1. The van der Waals surface area contributed by atoms with Crippen LogP contribution in [0.3, 0.4) is 0 Å². The zero-order valence-electron chi connectivity index (χ0n) is 23.6. The number of aromatic nitrogens is 1. The van der Waals surface area contributed by atoms with E-state index in [0.717, 1.165) is 11.1 Å². The fourth-order valence-electron chi connectivity index (χ4n) is 5.08. The first-order valence-electron chi connectivity index (χ1n) is 13.5. The first-order valence-corrected chi connectivity index (χ1v) is 13.9. The Morgan fingerprint density at radius 3 is 2.05 bits per heavy atom. The van der Waals surface area contributed by atoms with E-state index in [1.165, 1.54) is 7.11 Å². The van der Waals surface area contributed by atoms with Gasteiger partial charge in [-0.25, -0.2) is 4.79 Å². The number of fused-ring (bicyclic) bond motifs is 1. The number of halogens is 1. The number of esters is 2. The molecular weight excluding hydrogens is 550 g/mol. The summed E-state index contributed by atoms with van der Waals surface area (Å²) in [5, 5.41) is 1.24. The predicted molar refractivity (Wildman–Crippen MR) is 163 cm³/mol. The minimum atomic E-state index is -0.935. The smallest absolute Gasteiger partial charge is 0.343 e. The highest BCUT2D eigenvalue weighted by Crippen LogP contribution is 2.36. The van der Waals surface area contributed by atoms with Crippen LogP contribution in [-0.2, 0) is 22.5 Å². The molecule has 0 aliphatic rings. The van der Waals surface area contributed by atoms with Crippen molar-refractivity contribution in [3.63, 3.8) is 0 Å². The van der Waals surface area contributed by atoms with Crippen LogP contribution in [0.2, 0.25) is 5.02 Å². The summed E-state index contributed by atoms with van der Waals surface area (Å²) in [5.74, 6) is -0.779. The van der Waals surface area contributed by atoms with E-state index >= 15 is 0 Å². The Morgan fingerprint density at radius 2 is 1.43 bits per heavy atom. The number of hydrogen-bond acceptors (Lipinski definition) is 5. The number of carbonyl (C=O) groups excluding carboxylic acids is 3. The van der Waals surface area contributed by atoms with Crippen LogP contribution in [-0.4, -0.2) is 29.4 Å². The van der Waals surface area contributed by atoms with Gasteiger partial charge in [-0.2, -0.15) is 0 Å². The molecule has 5 aromatic rings. The Bertz CT molecular complexity index is 1760. The SMILES string of the molecule is COC(=O)C(C)(C)Cc1c(C(=O)c2ccccc2)c2cc(OC(=O)c3ccccc3)ccc2n1Cc1ccc(Cl)cc1. The Labute approximate surface area is 249 Å². The third-order valence-electron chi connectivity index (χ3n) is 7.23. The van der Waals surface area contributed by atoms with Crippen LogP contribution in [0.5, 0.6) is 5.75 Å². The predicted octanol–water partition coefficient (Wildman–Crippen LogP) is 7.53. The summed E-state index contributed by atoms with van der Waals surface area (Å²) in [5.41, 5.74) is 2.84. The third kappa shape index (κ3) is 5.99. The molecule has 0 radical (unpaired) electrons. The van der Waals surface area contributed by atoms with Gasteiger partial charge in [-0.15, -0.1) is 0 Å². The molecule has 0 unspecified atom stereocenters. The fraction of sp³-hybridized carbons (Fsp3) is 0.171. The maximum Gasteiger partial charge on any atom is 0.343 e. The molecule has 0 spiro atoms. The van der Waals surface area contributed by atoms with E-state index in [1.54, 1.807) is 62.4 Å². The van der Waals surface area contributed by atoms with Crippen molar-refractivity contribution in [2.24, 2.45) is 5.41 Å². The van der Waals surface area contributed by atoms with E-state index in [0.29, 0.717) is 45.1 Å². The number of carbonyl (C=O) groups is 3. The topological polar surface area (TPSA) is 74.6 Å². The summed E-state index contributed by atoms with van der Waals surface area (Å²) < 4.78 is 12.9. The molecule has 0 saturated carbocycles. The van der Waals surface area contributed by atoms with Crippen molar-refractivity contribution >= 4 is 40.2 Å². The average molecular weight is 580 g/mol. The molecular formula is C35H30ClNO5.